The van der Waals surface area contributed by atoms with Gasteiger partial charge in [-0.05, 0) is 43.6 Å². The molecule has 0 aromatic heterocycles. The Balaban J connectivity index is 1.78. The van der Waals surface area contributed by atoms with Gasteiger partial charge in [0.05, 0.1) is 4.92 Å². The quantitative estimate of drug-likeness (QED) is 0.570. The van der Waals surface area contributed by atoms with Crippen molar-refractivity contribution < 1.29 is 14.5 Å². The minimum absolute atomic E-state index is 0.0656. The molecule has 2 aliphatic carbocycles. The lowest BCUT2D eigenvalue weighted by Crippen LogP contribution is -2.42. The maximum Gasteiger partial charge on any atom is 0.271 e. The Morgan fingerprint density at radius 1 is 0.828 bits per heavy atom. The van der Waals surface area contributed by atoms with E-state index in [-0.39, 0.29) is 40.7 Å². The summed E-state index contributed by atoms with van der Waals surface area (Å²) in [6, 6.07) is 4.11. The van der Waals surface area contributed by atoms with E-state index in [9.17, 15) is 19.7 Å². The molecule has 0 radical (unpaired) electrons. The molecule has 2 saturated carbocycles. The average molecular weight is 402 g/mol. The zero-order valence-electron chi connectivity index (χ0n) is 17.3. The number of nitrogens with zero attached hydrogens (tertiary/aromatic N) is 1. The number of benzene rings is 1. The molecule has 4 atom stereocenters. The molecule has 2 N–H and O–H groups in total. The van der Waals surface area contributed by atoms with Gasteiger partial charge in [0.2, 0.25) is 0 Å². The largest absolute Gasteiger partial charge is 0.349 e. The second kappa shape index (κ2) is 9.37. The van der Waals surface area contributed by atoms with Crippen LogP contribution in [-0.2, 0) is 0 Å². The van der Waals surface area contributed by atoms with Gasteiger partial charge in [0.1, 0.15) is 0 Å². The molecule has 1 aromatic carbocycles. The molecular formula is C22H31N3O4. The molecule has 29 heavy (non-hydrogen) atoms. The lowest BCUT2D eigenvalue weighted by molar-refractivity contribution is -0.384. The second-order valence-corrected chi connectivity index (χ2v) is 8.71. The predicted molar refractivity (Wildman–Crippen MR) is 111 cm³/mol. The molecule has 0 spiro atoms. The Bertz CT molecular complexity index is 725. The van der Waals surface area contributed by atoms with Crippen molar-refractivity contribution in [3.8, 4) is 0 Å². The molecular weight excluding hydrogens is 370 g/mol. The van der Waals surface area contributed by atoms with Crippen molar-refractivity contribution in [2.75, 3.05) is 0 Å². The van der Waals surface area contributed by atoms with E-state index in [1.807, 2.05) is 0 Å². The fraction of sp³-hybridized carbons (Fsp3) is 0.636. The topological polar surface area (TPSA) is 101 Å². The lowest BCUT2D eigenvalue weighted by Gasteiger charge is -2.30. The fourth-order valence-electron chi connectivity index (χ4n) is 4.54. The van der Waals surface area contributed by atoms with Gasteiger partial charge >= 0.3 is 0 Å². The van der Waals surface area contributed by atoms with Crippen molar-refractivity contribution in [3.05, 3.63) is 39.4 Å². The number of carbonyl (C=O) groups is 2. The van der Waals surface area contributed by atoms with Crippen molar-refractivity contribution in [2.45, 2.75) is 77.3 Å². The molecule has 2 fully saturated rings. The molecule has 0 bridgehead atoms. The van der Waals surface area contributed by atoms with Crippen molar-refractivity contribution in [3.63, 3.8) is 0 Å². The highest BCUT2D eigenvalue weighted by atomic mass is 16.6. The summed E-state index contributed by atoms with van der Waals surface area (Å²) in [6.45, 7) is 4.23. The normalized spacial score (nSPS) is 27.1. The van der Waals surface area contributed by atoms with Crippen LogP contribution in [-0.4, -0.2) is 28.8 Å². The zero-order valence-corrected chi connectivity index (χ0v) is 17.3. The standard InChI is InChI=1S/C22H31N3O4/c1-14-7-3-5-9-19(14)23-21(26)16-11-17(13-18(12-16)25(28)29)22(27)24-20-10-6-4-8-15(20)2/h11-15,19-20H,3-10H2,1-2H3,(H,23,26)(H,24,27). The molecule has 4 unspecified atom stereocenters. The van der Waals surface area contributed by atoms with E-state index < -0.39 is 4.92 Å². The smallest absolute Gasteiger partial charge is 0.271 e. The molecule has 7 heteroatoms. The summed E-state index contributed by atoms with van der Waals surface area (Å²) in [6.07, 6.45) is 8.40. The predicted octanol–water partition coefficient (Wildman–Crippen LogP) is 4.21. The average Bonchev–Trinajstić information content (AvgIpc) is 2.71. The summed E-state index contributed by atoms with van der Waals surface area (Å²) in [4.78, 5) is 36.4. The van der Waals surface area contributed by atoms with Crippen LogP contribution in [0, 0.1) is 22.0 Å². The van der Waals surface area contributed by atoms with E-state index >= 15 is 0 Å². The fourth-order valence-corrected chi connectivity index (χ4v) is 4.54. The molecule has 2 amide bonds. The Hall–Kier alpha value is -2.44. The highest BCUT2D eigenvalue weighted by molar-refractivity contribution is 6.00. The van der Waals surface area contributed by atoms with Gasteiger partial charge in [-0.15, -0.1) is 0 Å². The first kappa shape index (κ1) is 21.3. The van der Waals surface area contributed by atoms with Gasteiger partial charge in [0.25, 0.3) is 17.5 Å². The SMILES string of the molecule is CC1CCCCC1NC(=O)c1cc(C(=O)NC2CCCCC2C)cc([N+](=O)[O-])c1. The summed E-state index contributed by atoms with van der Waals surface area (Å²) in [5, 5.41) is 17.4. The van der Waals surface area contributed by atoms with Crippen molar-refractivity contribution >= 4 is 17.5 Å². The molecule has 0 aliphatic heterocycles. The van der Waals surface area contributed by atoms with E-state index in [1.54, 1.807) is 0 Å². The van der Waals surface area contributed by atoms with E-state index in [0.717, 1.165) is 51.4 Å². The Morgan fingerprint density at radius 3 is 1.62 bits per heavy atom. The first-order valence-electron chi connectivity index (χ1n) is 10.8. The molecule has 0 saturated heterocycles. The monoisotopic (exact) mass is 401 g/mol. The van der Waals surface area contributed by atoms with Crippen LogP contribution in [0.2, 0.25) is 0 Å². The van der Waals surface area contributed by atoms with Crippen LogP contribution in [0.25, 0.3) is 0 Å². The van der Waals surface area contributed by atoms with Crippen LogP contribution in [0.3, 0.4) is 0 Å². The summed E-state index contributed by atoms with van der Waals surface area (Å²) < 4.78 is 0. The second-order valence-electron chi connectivity index (χ2n) is 8.71. The summed E-state index contributed by atoms with van der Waals surface area (Å²) in [7, 11) is 0. The molecule has 1 aromatic rings. The van der Waals surface area contributed by atoms with Crippen molar-refractivity contribution in [1.82, 2.24) is 10.6 Å². The Kier molecular flexibility index (Phi) is 6.87. The third kappa shape index (κ3) is 5.34. The first-order valence-corrected chi connectivity index (χ1v) is 10.8. The van der Waals surface area contributed by atoms with Crippen LogP contribution in [0.1, 0.15) is 85.9 Å². The third-order valence-corrected chi connectivity index (χ3v) is 6.51. The maximum absolute atomic E-state index is 12.8. The van der Waals surface area contributed by atoms with Gasteiger partial charge in [0.15, 0.2) is 0 Å². The van der Waals surface area contributed by atoms with Crippen molar-refractivity contribution in [2.24, 2.45) is 11.8 Å². The third-order valence-electron chi connectivity index (χ3n) is 6.51. The van der Waals surface area contributed by atoms with E-state index in [0.29, 0.717) is 11.8 Å². The highest BCUT2D eigenvalue weighted by Crippen LogP contribution is 2.26. The van der Waals surface area contributed by atoms with Crippen LogP contribution in [0.15, 0.2) is 18.2 Å². The maximum atomic E-state index is 12.8. The van der Waals surface area contributed by atoms with Gasteiger partial charge in [-0.3, -0.25) is 19.7 Å². The molecule has 158 valence electrons. The highest BCUT2D eigenvalue weighted by Gasteiger charge is 2.27. The Labute approximate surface area is 171 Å². The number of non-ortho nitro benzene ring substituents is 1. The lowest BCUT2D eigenvalue weighted by atomic mass is 9.85. The van der Waals surface area contributed by atoms with Crippen LogP contribution in [0.5, 0.6) is 0 Å². The number of nitrogens with one attached hydrogen (secondary N) is 2. The van der Waals surface area contributed by atoms with Crippen LogP contribution >= 0.6 is 0 Å². The molecule has 2 aliphatic rings. The van der Waals surface area contributed by atoms with Gasteiger partial charge in [-0.25, -0.2) is 0 Å². The number of nitro benzene ring substituents is 1. The number of hydrogen-bond acceptors (Lipinski definition) is 4. The Morgan fingerprint density at radius 2 is 1.24 bits per heavy atom. The molecule has 3 rings (SSSR count). The van der Waals surface area contributed by atoms with E-state index in [2.05, 4.69) is 24.5 Å². The van der Waals surface area contributed by atoms with Gasteiger partial charge in [-0.1, -0.05) is 39.5 Å². The summed E-state index contributed by atoms with van der Waals surface area (Å²) in [5.74, 6) is 0.0454. The number of carbonyl (C=O) groups excluding carboxylic acids is 2. The van der Waals surface area contributed by atoms with Crippen molar-refractivity contribution in [1.29, 1.82) is 0 Å². The van der Waals surface area contributed by atoms with Crippen LogP contribution < -0.4 is 10.6 Å². The number of rotatable bonds is 5. The van der Waals surface area contributed by atoms with E-state index in [1.165, 1.54) is 18.2 Å². The molecule has 0 heterocycles. The number of amides is 2. The van der Waals surface area contributed by atoms with Gasteiger partial charge in [0, 0.05) is 35.3 Å². The number of hydrogen-bond donors (Lipinski definition) is 2. The van der Waals surface area contributed by atoms with E-state index in [4.69, 9.17) is 0 Å². The minimum atomic E-state index is -0.556. The van der Waals surface area contributed by atoms with Crippen LogP contribution in [0.4, 0.5) is 5.69 Å². The zero-order chi connectivity index (χ0) is 21.0. The summed E-state index contributed by atoms with van der Waals surface area (Å²) in [5.41, 5.74) is 0.0915. The molecule has 7 nitrogen and oxygen atoms in total. The van der Waals surface area contributed by atoms with Gasteiger partial charge in [-0.2, -0.15) is 0 Å². The number of nitro groups is 1. The van der Waals surface area contributed by atoms with Gasteiger partial charge < -0.3 is 10.6 Å². The minimum Gasteiger partial charge on any atom is -0.349 e. The first-order chi connectivity index (χ1) is 13.8. The summed E-state index contributed by atoms with van der Waals surface area (Å²) >= 11 is 0.